The largest absolute Gasteiger partial charge is 0.496 e. The predicted octanol–water partition coefficient (Wildman–Crippen LogP) is 2.68. The van der Waals surface area contributed by atoms with Crippen LogP contribution in [0.25, 0.3) is 11.0 Å². The summed E-state index contributed by atoms with van der Waals surface area (Å²) in [5, 5.41) is 0.476. The maximum atomic E-state index is 13.5. The van der Waals surface area contributed by atoms with Crippen LogP contribution in [0.15, 0.2) is 57.7 Å². The number of amides is 1. The average Bonchev–Trinajstić information content (AvgIpc) is 3.10. The SMILES string of the molecule is COc1ccccc1C1c2c(oc3ccccc3c2=O)C(=O)N1CCN1CCOCC1. The van der Waals surface area contributed by atoms with Gasteiger partial charge in [0.25, 0.3) is 5.91 Å². The van der Waals surface area contributed by atoms with Crippen molar-refractivity contribution in [2.75, 3.05) is 46.5 Å². The first-order chi connectivity index (χ1) is 15.2. The second kappa shape index (κ2) is 8.17. The Balaban J connectivity index is 1.62. The topological polar surface area (TPSA) is 72.2 Å². The van der Waals surface area contributed by atoms with Gasteiger partial charge in [0.15, 0.2) is 5.43 Å². The molecule has 2 aliphatic heterocycles. The lowest BCUT2D eigenvalue weighted by molar-refractivity contribution is 0.0314. The summed E-state index contributed by atoms with van der Waals surface area (Å²) in [6.45, 7) is 4.21. The molecule has 5 rings (SSSR count). The van der Waals surface area contributed by atoms with E-state index in [1.54, 1.807) is 36.3 Å². The van der Waals surface area contributed by atoms with Gasteiger partial charge >= 0.3 is 0 Å². The summed E-state index contributed by atoms with van der Waals surface area (Å²) in [5.74, 6) is 0.501. The molecular weight excluding hydrogens is 396 g/mol. The Morgan fingerprint density at radius 1 is 1.00 bits per heavy atom. The van der Waals surface area contributed by atoms with Crippen LogP contribution in [-0.2, 0) is 4.74 Å². The fourth-order valence-electron chi connectivity index (χ4n) is 4.49. The van der Waals surface area contributed by atoms with E-state index >= 15 is 0 Å². The monoisotopic (exact) mass is 420 g/mol. The zero-order chi connectivity index (χ0) is 21.4. The molecule has 7 heteroatoms. The average molecular weight is 420 g/mol. The summed E-state index contributed by atoms with van der Waals surface area (Å²) < 4.78 is 17.0. The number of benzene rings is 2. The molecule has 3 aromatic rings. The van der Waals surface area contributed by atoms with E-state index < -0.39 is 6.04 Å². The lowest BCUT2D eigenvalue weighted by Crippen LogP contribution is -2.42. The van der Waals surface area contributed by atoms with Gasteiger partial charge < -0.3 is 18.8 Å². The van der Waals surface area contributed by atoms with Crippen molar-refractivity contribution in [3.8, 4) is 5.75 Å². The maximum Gasteiger partial charge on any atom is 0.290 e. The van der Waals surface area contributed by atoms with Crippen LogP contribution in [0.3, 0.4) is 0 Å². The highest BCUT2D eigenvalue weighted by Crippen LogP contribution is 2.41. The highest BCUT2D eigenvalue weighted by atomic mass is 16.5. The first-order valence-corrected chi connectivity index (χ1v) is 10.5. The fraction of sp³-hybridized carbons (Fsp3) is 0.333. The molecule has 3 heterocycles. The molecule has 1 aromatic heterocycles. The van der Waals surface area contributed by atoms with E-state index in [1.807, 2.05) is 24.3 Å². The summed E-state index contributed by atoms with van der Waals surface area (Å²) in [4.78, 5) is 31.0. The van der Waals surface area contributed by atoms with Crippen LogP contribution in [0.5, 0.6) is 5.75 Å². The molecule has 2 aromatic carbocycles. The molecule has 0 N–H and O–H groups in total. The van der Waals surface area contributed by atoms with Gasteiger partial charge in [-0.2, -0.15) is 0 Å². The molecule has 0 saturated carbocycles. The van der Waals surface area contributed by atoms with Crippen molar-refractivity contribution in [2.24, 2.45) is 0 Å². The van der Waals surface area contributed by atoms with Crippen molar-refractivity contribution in [3.63, 3.8) is 0 Å². The van der Waals surface area contributed by atoms with Gasteiger partial charge in [-0.1, -0.05) is 30.3 Å². The highest BCUT2D eigenvalue weighted by Gasteiger charge is 2.43. The first-order valence-electron chi connectivity index (χ1n) is 10.5. The number of ether oxygens (including phenoxy) is 2. The molecule has 160 valence electrons. The van der Waals surface area contributed by atoms with Crippen LogP contribution < -0.4 is 10.2 Å². The summed E-state index contributed by atoms with van der Waals surface area (Å²) in [5.41, 5.74) is 1.42. The number of methoxy groups -OCH3 is 1. The molecule has 1 unspecified atom stereocenters. The molecular formula is C24H24N2O5. The van der Waals surface area contributed by atoms with Crippen LogP contribution in [0, 0.1) is 0 Å². The lowest BCUT2D eigenvalue weighted by atomic mass is 9.97. The number of hydrogen-bond donors (Lipinski definition) is 0. The van der Waals surface area contributed by atoms with E-state index in [0.29, 0.717) is 48.6 Å². The number of rotatable bonds is 5. The molecule has 0 aliphatic carbocycles. The van der Waals surface area contributed by atoms with Crippen LogP contribution >= 0.6 is 0 Å². The standard InChI is InChI=1S/C24H24N2O5/c1-29-18-8-4-2-6-16(18)21-20-22(27)17-7-3-5-9-19(17)31-23(20)24(28)26(21)11-10-25-12-14-30-15-13-25/h2-9,21H,10-15H2,1H3. The molecule has 0 bridgehead atoms. The minimum absolute atomic E-state index is 0.126. The van der Waals surface area contributed by atoms with Gasteiger partial charge in [-0.25, -0.2) is 0 Å². The fourth-order valence-corrected chi connectivity index (χ4v) is 4.49. The van der Waals surface area contributed by atoms with Gasteiger partial charge in [0.2, 0.25) is 5.76 Å². The van der Waals surface area contributed by atoms with E-state index in [-0.39, 0.29) is 17.1 Å². The Hall–Kier alpha value is -3.16. The number of fused-ring (bicyclic) bond motifs is 2. The molecule has 1 amide bonds. The highest BCUT2D eigenvalue weighted by molar-refractivity contribution is 5.99. The van der Waals surface area contributed by atoms with Crippen LogP contribution in [-0.4, -0.2) is 62.2 Å². The summed E-state index contributed by atoms with van der Waals surface area (Å²) >= 11 is 0. The van der Waals surface area contributed by atoms with E-state index in [2.05, 4.69) is 4.90 Å². The summed E-state index contributed by atoms with van der Waals surface area (Å²) in [6.07, 6.45) is 0. The van der Waals surface area contributed by atoms with E-state index in [9.17, 15) is 9.59 Å². The van der Waals surface area contributed by atoms with E-state index in [4.69, 9.17) is 13.9 Å². The van der Waals surface area contributed by atoms with Crippen molar-refractivity contribution < 1.29 is 18.7 Å². The maximum absolute atomic E-state index is 13.5. The minimum Gasteiger partial charge on any atom is -0.496 e. The normalized spacial score (nSPS) is 19.1. The van der Waals surface area contributed by atoms with Gasteiger partial charge in [-0.15, -0.1) is 0 Å². The predicted molar refractivity (Wildman–Crippen MR) is 116 cm³/mol. The smallest absolute Gasteiger partial charge is 0.290 e. The third kappa shape index (κ3) is 3.40. The van der Waals surface area contributed by atoms with Crippen LogP contribution in [0.1, 0.15) is 27.7 Å². The Morgan fingerprint density at radius 2 is 1.74 bits per heavy atom. The van der Waals surface area contributed by atoms with Crippen LogP contribution in [0.2, 0.25) is 0 Å². The second-order valence-corrected chi connectivity index (χ2v) is 7.77. The van der Waals surface area contributed by atoms with Crippen LogP contribution in [0.4, 0.5) is 0 Å². The number of morpholine rings is 1. The van der Waals surface area contributed by atoms with Crippen molar-refractivity contribution in [2.45, 2.75) is 6.04 Å². The third-order valence-electron chi connectivity index (χ3n) is 6.07. The van der Waals surface area contributed by atoms with Gasteiger partial charge in [-0.3, -0.25) is 14.5 Å². The number of hydrogen-bond acceptors (Lipinski definition) is 6. The minimum atomic E-state index is -0.555. The lowest BCUT2D eigenvalue weighted by Gasteiger charge is -2.31. The Bertz CT molecular complexity index is 1180. The molecule has 0 radical (unpaired) electrons. The van der Waals surface area contributed by atoms with E-state index in [0.717, 1.165) is 18.7 Å². The van der Waals surface area contributed by atoms with Crippen molar-refractivity contribution in [3.05, 3.63) is 75.6 Å². The zero-order valence-corrected chi connectivity index (χ0v) is 17.4. The molecule has 2 aliphatic rings. The van der Waals surface area contributed by atoms with E-state index in [1.165, 1.54) is 0 Å². The summed E-state index contributed by atoms with van der Waals surface area (Å²) in [7, 11) is 1.59. The number of para-hydroxylation sites is 2. The number of nitrogens with zero attached hydrogens (tertiary/aromatic N) is 2. The second-order valence-electron chi connectivity index (χ2n) is 7.77. The number of carbonyl (C=O) groups is 1. The van der Waals surface area contributed by atoms with Gasteiger partial charge in [-0.05, 0) is 18.2 Å². The molecule has 1 atom stereocenters. The quantitative estimate of drug-likeness (QED) is 0.632. The van der Waals surface area contributed by atoms with Gasteiger partial charge in [0.05, 0.1) is 37.3 Å². The van der Waals surface area contributed by atoms with Gasteiger partial charge in [0, 0.05) is 31.7 Å². The van der Waals surface area contributed by atoms with Crippen molar-refractivity contribution in [1.29, 1.82) is 0 Å². The zero-order valence-electron chi connectivity index (χ0n) is 17.4. The number of carbonyl (C=O) groups excluding carboxylic acids is 1. The molecule has 1 fully saturated rings. The first kappa shape index (κ1) is 19.8. The van der Waals surface area contributed by atoms with Crippen molar-refractivity contribution in [1.82, 2.24) is 9.80 Å². The van der Waals surface area contributed by atoms with Gasteiger partial charge in [0.1, 0.15) is 11.3 Å². The third-order valence-corrected chi connectivity index (χ3v) is 6.07. The molecule has 7 nitrogen and oxygen atoms in total. The molecule has 0 spiro atoms. The molecule has 31 heavy (non-hydrogen) atoms. The molecule has 1 saturated heterocycles. The van der Waals surface area contributed by atoms with Crippen molar-refractivity contribution >= 4 is 16.9 Å². The Kier molecular flexibility index (Phi) is 5.21. The Labute approximate surface area is 179 Å². The summed E-state index contributed by atoms with van der Waals surface area (Å²) in [6, 6.07) is 14.0. The Morgan fingerprint density at radius 3 is 2.55 bits per heavy atom.